The van der Waals surface area contributed by atoms with Crippen LogP contribution in [0.15, 0.2) is 60.0 Å². The fourth-order valence-electron chi connectivity index (χ4n) is 4.18. The predicted octanol–water partition coefficient (Wildman–Crippen LogP) is 6.36. The van der Waals surface area contributed by atoms with Gasteiger partial charge >= 0.3 is 0 Å². The molecule has 0 fully saturated rings. The topological polar surface area (TPSA) is 59.8 Å². The van der Waals surface area contributed by atoms with Gasteiger partial charge in [-0.3, -0.25) is 9.36 Å². The summed E-state index contributed by atoms with van der Waals surface area (Å²) in [5.74, 6) is 2.54. The second kappa shape index (κ2) is 14.1. The lowest BCUT2D eigenvalue weighted by Crippen LogP contribution is -2.26. The number of hydrogen-bond donors (Lipinski definition) is 2. The van der Waals surface area contributed by atoms with Crippen molar-refractivity contribution in [2.75, 3.05) is 12.3 Å². The molecule has 5 nitrogen and oxygen atoms in total. The molecule has 0 aliphatic heterocycles. The fraction of sp³-hybridized carbons (Fsp3) is 0.536. The number of benzene rings is 1. The molecule has 1 amide bonds. The maximum atomic E-state index is 11.7. The zero-order valence-electron chi connectivity index (χ0n) is 21.6. The van der Waals surface area contributed by atoms with Crippen molar-refractivity contribution in [2.45, 2.75) is 73.1 Å². The van der Waals surface area contributed by atoms with Gasteiger partial charge in [-0.05, 0) is 61.8 Å². The van der Waals surface area contributed by atoms with Crippen LogP contribution in [0.2, 0.25) is 0 Å². The molecule has 1 heterocycles. The molecule has 2 aromatic rings. The Balaban J connectivity index is 0.000000287. The van der Waals surface area contributed by atoms with Crippen molar-refractivity contribution in [1.29, 1.82) is 0 Å². The third-order valence-electron chi connectivity index (χ3n) is 5.58. The maximum Gasteiger partial charge on any atom is 0.220 e. The minimum Gasteiger partial charge on any atom is -0.356 e. The molecule has 34 heavy (non-hydrogen) atoms. The summed E-state index contributed by atoms with van der Waals surface area (Å²) in [6, 6.07) is 10.1. The molecule has 1 aliphatic rings. The van der Waals surface area contributed by atoms with E-state index in [2.05, 4.69) is 74.9 Å². The number of aromatic nitrogens is 3. The van der Waals surface area contributed by atoms with E-state index >= 15 is 0 Å². The molecule has 0 saturated carbocycles. The highest BCUT2D eigenvalue weighted by Gasteiger charge is 2.20. The third kappa shape index (κ3) is 10.3. The minimum absolute atomic E-state index is 0.137. The Morgan fingerprint density at radius 1 is 1.18 bits per heavy atom. The molecule has 1 N–H and O–H groups in total. The van der Waals surface area contributed by atoms with Gasteiger partial charge in [-0.15, -0.1) is 10.2 Å². The highest BCUT2D eigenvalue weighted by atomic mass is 32.1. The van der Waals surface area contributed by atoms with Crippen LogP contribution < -0.4 is 5.32 Å². The van der Waals surface area contributed by atoms with Gasteiger partial charge in [0.05, 0.1) is 0 Å². The van der Waals surface area contributed by atoms with E-state index in [1.54, 1.807) is 11.9 Å². The summed E-state index contributed by atoms with van der Waals surface area (Å²) >= 11 is 4.26. The smallest absolute Gasteiger partial charge is 0.220 e. The number of unbranched alkanes of at least 4 members (excludes halogenated alkanes) is 1. The molecular weight excluding hydrogens is 440 g/mol. The van der Waals surface area contributed by atoms with E-state index < -0.39 is 0 Å². The van der Waals surface area contributed by atoms with Crippen molar-refractivity contribution in [3.63, 3.8) is 0 Å². The van der Waals surface area contributed by atoms with Crippen LogP contribution in [0.4, 0.5) is 0 Å². The Hall–Kier alpha value is -2.34. The van der Waals surface area contributed by atoms with Crippen molar-refractivity contribution in [2.24, 2.45) is 11.3 Å². The number of thiol groups is 1. The zero-order chi connectivity index (χ0) is 25.0. The standard InChI is InChI=1S/C17H24N4O.C11H18S/c1-14(2)12-18-17(22)11-7-6-10-16-20-19-13-21(16)15-8-4-3-5-9-15;1-9-6-10(4-5-12)8-11(2,3)7-9/h3-5,8-9,13-14H,6-7,10-12H2,1-2H3,(H,18,22);6-7,12H,4-5,8H2,1-3H3. The van der Waals surface area contributed by atoms with Gasteiger partial charge < -0.3 is 5.32 Å². The van der Waals surface area contributed by atoms with Crippen molar-refractivity contribution in [3.8, 4) is 5.69 Å². The van der Waals surface area contributed by atoms with Gasteiger partial charge in [-0.1, -0.05) is 69.2 Å². The second-order valence-corrected chi connectivity index (χ2v) is 10.6. The predicted molar refractivity (Wildman–Crippen MR) is 145 cm³/mol. The van der Waals surface area contributed by atoms with Crippen molar-refractivity contribution in [1.82, 2.24) is 20.1 Å². The summed E-state index contributed by atoms with van der Waals surface area (Å²) in [6.45, 7) is 11.7. The van der Waals surface area contributed by atoms with Crippen LogP contribution in [0.25, 0.3) is 5.69 Å². The summed E-state index contributed by atoms with van der Waals surface area (Å²) in [5.41, 5.74) is 4.38. The van der Waals surface area contributed by atoms with Crippen molar-refractivity contribution >= 4 is 18.5 Å². The molecule has 0 bridgehead atoms. The van der Waals surface area contributed by atoms with E-state index in [-0.39, 0.29) is 5.91 Å². The largest absolute Gasteiger partial charge is 0.356 e. The normalized spacial score (nSPS) is 14.7. The Labute approximate surface area is 211 Å². The highest BCUT2D eigenvalue weighted by molar-refractivity contribution is 7.80. The Kier molecular flexibility index (Phi) is 11.6. The van der Waals surface area contributed by atoms with Gasteiger partial charge in [-0.25, -0.2) is 0 Å². The van der Waals surface area contributed by atoms with Crippen LogP contribution in [-0.2, 0) is 11.2 Å². The van der Waals surface area contributed by atoms with Gasteiger partial charge in [-0.2, -0.15) is 12.6 Å². The summed E-state index contributed by atoms with van der Waals surface area (Å²) in [5, 5.41) is 11.1. The van der Waals surface area contributed by atoms with E-state index in [9.17, 15) is 4.79 Å². The molecule has 0 unspecified atom stereocenters. The summed E-state index contributed by atoms with van der Waals surface area (Å²) in [7, 11) is 0. The first kappa shape index (κ1) is 27.9. The van der Waals surface area contributed by atoms with E-state index in [0.29, 0.717) is 17.8 Å². The van der Waals surface area contributed by atoms with Gasteiger partial charge in [0.25, 0.3) is 0 Å². The van der Waals surface area contributed by atoms with E-state index in [1.165, 1.54) is 12.0 Å². The van der Waals surface area contributed by atoms with Crippen LogP contribution in [-0.4, -0.2) is 33.0 Å². The number of aryl methyl sites for hydroxylation is 1. The molecule has 3 rings (SSSR count). The number of rotatable bonds is 10. The Morgan fingerprint density at radius 2 is 1.91 bits per heavy atom. The number of nitrogens with one attached hydrogen (secondary N) is 1. The van der Waals surface area contributed by atoms with Crippen LogP contribution >= 0.6 is 12.6 Å². The number of amides is 1. The first-order valence-electron chi connectivity index (χ1n) is 12.4. The van der Waals surface area contributed by atoms with Crippen LogP contribution in [0.5, 0.6) is 0 Å². The summed E-state index contributed by atoms with van der Waals surface area (Å²) < 4.78 is 2.00. The summed E-state index contributed by atoms with van der Waals surface area (Å²) in [6.07, 6.45) is 11.9. The van der Waals surface area contributed by atoms with Crippen LogP contribution in [0.3, 0.4) is 0 Å². The minimum atomic E-state index is 0.137. The highest BCUT2D eigenvalue weighted by Crippen LogP contribution is 2.34. The Bertz CT molecular complexity index is 944. The number of carbonyl (C=O) groups is 1. The van der Waals surface area contributed by atoms with Crippen molar-refractivity contribution < 1.29 is 4.79 Å². The first-order chi connectivity index (χ1) is 16.2. The number of allylic oxidation sites excluding steroid dienone is 4. The van der Waals surface area contributed by atoms with Gasteiger partial charge in [0.2, 0.25) is 5.91 Å². The SMILES string of the molecule is CC(C)CNC(=O)CCCCc1nncn1-c1ccccc1.CC1=CC(C)(C)CC(CCS)=C1. The molecule has 0 atom stereocenters. The van der Waals surface area contributed by atoms with Crippen LogP contribution in [0.1, 0.15) is 72.5 Å². The molecule has 1 aromatic carbocycles. The molecule has 0 saturated heterocycles. The average Bonchev–Trinajstić information content (AvgIpc) is 3.24. The third-order valence-corrected chi connectivity index (χ3v) is 5.80. The van der Waals surface area contributed by atoms with Crippen LogP contribution in [0, 0.1) is 11.3 Å². The lowest BCUT2D eigenvalue weighted by molar-refractivity contribution is -0.121. The van der Waals surface area contributed by atoms with Gasteiger partial charge in [0, 0.05) is 25.1 Å². The zero-order valence-corrected chi connectivity index (χ0v) is 22.4. The maximum absolute atomic E-state index is 11.7. The number of para-hydroxylation sites is 1. The monoisotopic (exact) mass is 482 g/mol. The number of nitrogens with zero attached hydrogens (tertiary/aromatic N) is 3. The number of carbonyl (C=O) groups excluding carboxylic acids is 1. The molecule has 186 valence electrons. The Morgan fingerprint density at radius 3 is 2.56 bits per heavy atom. The molecular formula is C28H42N4OS. The van der Waals surface area contributed by atoms with Gasteiger partial charge in [0.15, 0.2) is 0 Å². The molecule has 0 radical (unpaired) electrons. The lowest BCUT2D eigenvalue weighted by Gasteiger charge is -2.26. The molecule has 1 aliphatic carbocycles. The fourth-order valence-corrected chi connectivity index (χ4v) is 4.47. The van der Waals surface area contributed by atoms with Crippen molar-refractivity contribution in [3.05, 3.63) is 65.8 Å². The molecule has 1 aromatic heterocycles. The quantitative estimate of drug-likeness (QED) is 0.306. The lowest BCUT2D eigenvalue weighted by atomic mass is 9.79. The number of hydrogen-bond acceptors (Lipinski definition) is 4. The van der Waals surface area contributed by atoms with E-state index in [0.717, 1.165) is 49.5 Å². The molecule has 6 heteroatoms. The van der Waals surface area contributed by atoms with E-state index in [4.69, 9.17) is 0 Å². The summed E-state index contributed by atoms with van der Waals surface area (Å²) in [4.78, 5) is 11.7. The van der Waals surface area contributed by atoms with E-state index in [1.807, 2.05) is 34.9 Å². The average molecular weight is 483 g/mol. The van der Waals surface area contributed by atoms with Gasteiger partial charge in [0.1, 0.15) is 12.2 Å². The first-order valence-corrected chi connectivity index (χ1v) is 13.0. The second-order valence-electron chi connectivity index (χ2n) is 10.2. The molecule has 0 spiro atoms.